The molecule has 0 aliphatic heterocycles. The first-order valence-corrected chi connectivity index (χ1v) is 12.2. The van der Waals surface area contributed by atoms with Gasteiger partial charge in [-0.2, -0.15) is 0 Å². The Hall–Kier alpha value is -2.72. The molecule has 0 saturated heterocycles. The third-order valence-electron chi connectivity index (χ3n) is 4.02. The van der Waals surface area contributed by atoms with Crippen molar-refractivity contribution >= 4 is 61.0 Å². The van der Waals surface area contributed by atoms with Crippen molar-refractivity contribution < 1.29 is 13.2 Å². The fraction of sp³-hybridized carbons (Fsp3) is 0. The highest BCUT2D eigenvalue weighted by molar-refractivity contribution is 7.92. The molecule has 10 heteroatoms. The summed E-state index contributed by atoms with van der Waals surface area (Å²) in [6, 6.07) is 16.2. The molecule has 0 aliphatic rings. The van der Waals surface area contributed by atoms with Gasteiger partial charge in [-0.15, -0.1) is 22.7 Å². The van der Waals surface area contributed by atoms with Crippen molar-refractivity contribution in [1.82, 2.24) is 4.98 Å². The number of anilines is 2. The van der Waals surface area contributed by atoms with Crippen LogP contribution in [0.15, 0.2) is 76.3 Å². The van der Waals surface area contributed by atoms with Crippen LogP contribution in [0.5, 0.6) is 0 Å². The summed E-state index contributed by atoms with van der Waals surface area (Å²) < 4.78 is 27.9. The van der Waals surface area contributed by atoms with Gasteiger partial charge in [0, 0.05) is 10.9 Å². The van der Waals surface area contributed by atoms with Gasteiger partial charge in [-0.05, 0) is 41.8 Å². The van der Waals surface area contributed by atoms with Crippen molar-refractivity contribution in [3.8, 4) is 10.6 Å². The number of amides is 1. The van der Waals surface area contributed by atoms with Gasteiger partial charge < -0.3 is 0 Å². The van der Waals surface area contributed by atoms with Crippen molar-refractivity contribution in [2.24, 2.45) is 0 Å². The molecule has 0 aliphatic carbocycles. The molecule has 0 fully saturated rings. The maximum Gasteiger partial charge on any atom is 0.261 e. The smallest absolute Gasteiger partial charge is 0.261 e. The van der Waals surface area contributed by atoms with E-state index in [4.69, 9.17) is 11.6 Å². The van der Waals surface area contributed by atoms with Crippen molar-refractivity contribution in [1.29, 1.82) is 0 Å². The molecule has 6 nitrogen and oxygen atoms in total. The van der Waals surface area contributed by atoms with E-state index in [2.05, 4.69) is 15.0 Å². The standard InChI is InChI=1S/C20H14ClN3O3S3/c21-15-7-1-2-8-16(15)24-30(26,27)14-6-3-5-13(11-14)19(25)23-20-22-17(12-29-20)18-9-4-10-28-18/h1-12,24H,(H,22,23,25). The molecule has 2 N–H and O–H groups in total. The number of benzene rings is 2. The highest BCUT2D eigenvalue weighted by Crippen LogP contribution is 2.29. The number of aromatic nitrogens is 1. The lowest BCUT2D eigenvalue weighted by atomic mass is 10.2. The first-order chi connectivity index (χ1) is 14.4. The van der Waals surface area contributed by atoms with E-state index >= 15 is 0 Å². The van der Waals surface area contributed by atoms with Gasteiger partial charge >= 0.3 is 0 Å². The summed E-state index contributed by atoms with van der Waals surface area (Å²) >= 11 is 8.89. The Balaban J connectivity index is 1.53. The number of para-hydroxylation sites is 1. The molecular formula is C20H14ClN3O3S3. The van der Waals surface area contributed by atoms with Crippen LogP contribution in [0.1, 0.15) is 10.4 Å². The number of sulfonamides is 1. The van der Waals surface area contributed by atoms with Crippen molar-refractivity contribution in [3.63, 3.8) is 0 Å². The molecule has 1 amide bonds. The average Bonchev–Trinajstić information content (AvgIpc) is 3.41. The minimum absolute atomic E-state index is 0.0477. The lowest BCUT2D eigenvalue weighted by molar-refractivity contribution is 0.102. The number of carbonyl (C=O) groups excluding carboxylic acids is 1. The molecule has 2 aromatic carbocycles. The van der Waals surface area contributed by atoms with Crippen LogP contribution in [0.4, 0.5) is 10.8 Å². The van der Waals surface area contributed by atoms with Crippen LogP contribution in [0.2, 0.25) is 5.02 Å². The zero-order valence-corrected chi connectivity index (χ0v) is 18.4. The van der Waals surface area contributed by atoms with Gasteiger partial charge in [0.2, 0.25) is 0 Å². The van der Waals surface area contributed by atoms with Gasteiger partial charge in [0.15, 0.2) is 5.13 Å². The summed E-state index contributed by atoms with van der Waals surface area (Å²) in [6.45, 7) is 0. The number of nitrogens with one attached hydrogen (secondary N) is 2. The van der Waals surface area contributed by atoms with Crippen LogP contribution >= 0.6 is 34.3 Å². The topological polar surface area (TPSA) is 88.2 Å². The summed E-state index contributed by atoms with van der Waals surface area (Å²) in [7, 11) is -3.92. The SMILES string of the molecule is O=C(Nc1nc(-c2cccs2)cs1)c1cccc(S(=O)(=O)Nc2ccccc2Cl)c1. The van der Waals surface area contributed by atoms with Crippen LogP contribution in [-0.4, -0.2) is 19.3 Å². The molecule has 2 heterocycles. The van der Waals surface area contributed by atoms with Crippen LogP contribution in [-0.2, 0) is 10.0 Å². The summed E-state index contributed by atoms with van der Waals surface area (Å²) in [6.07, 6.45) is 0. The van der Waals surface area contributed by atoms with E-state index in [9.17, 15) is 13.2 Å². The highest BCUT2D eigenvalue weighted by atomic mass is 35.5. The number of thiazole rings is 1. The number of carbonyl (C=O) groups is 1. The number of nitrogens with zero attached hydrogens (tertiary/aromatic N) is 1. The molecular weight excluding hydrogens is 462 g/mol. The molecule has 4 aromatic rings. The molecule has 0 spiro atoms. The number of thiophene rings is 1. The van der Waals surface area contributed by atoms with E-state index in [1.807, 2.05) is 22.9 Å². The summed E-state index contributed by atoms with van der Waals surface area (Å²) in [5.41, 5.74) is 1.24. The predicted octanol–water partition coefficient (Wildman–Crippen LogP) is 5.58. The van der Waals surface area contributed by atoms with Gasteiger partial charge in [-0.25, -0.2) is 13.4 Å². The number of hydrogen-bond acceptors (Lipinski definition) is 6. The molecule has 0 atom stereocenters. The van der Waals surface area contributed by atoms with Gasteiger partial charge in [0.1, 0.15) is 0 Å². The zero-order chi connectivity index (χ0) is 21.1. The molecule has 2 aromatic heterocycles. The lowest BCUT2D eigenvalue weighted by Crippen LogP contribution is -2.16. The van der Waals surface area contributed by atoms with E-state index in [0.29, 0.717) is 5.13 Å². The van der Waals surface area contributed by atoms with E-state index in [1.54, 1.807) is 35.6 Å². The minimum atomic E-state index is -3.92. The number of halogens is 1. The Morgan fingerprint density at radius 2 is 1.83 bits per heavy atom. The summed E-state index contributed by atoms with van der Waals surface area (Å²) in [5, 5.41) is 7.24. The van der Waals surface area contributed by atoms with Crippen LogP contribution in [0.25, 0.3) is 10.6 Å². The second-order valence-corrected chi connectivity index (χ2v) is 9.98. The van der Waals surface area contributed by atoms with Crippen molar-refractivity contribution in [2.45, 2.75) is 4.90 Å². The van der Waals surface area contributed by atoms with Gasteiger partial charge in [-0.1, -0.05) is 35.9 Å². The van der Waals surface area contributed by atoms with Gasteiger partial charge in [-0.3, -0.25) is 14.8 Å². The van der Waals surface area contributed by atoms with Crippen LogP contribution in [0.3, 0.4) is 0 Å². The minimum Gasteiger partial charge on any atom is -0.298 e. The molecule has 30 heavy (non-hydrogen) atoms. The third-order valence-corrected chi connectivity index (χ3v) is 7.37. The maximum absolute atomic E-state index is 12.7. The molecule has 0 radical (unpaired) electrons. The largest absolute Gasteiger partial charge is 0.298 e. The van der Waals surface area contributed by atoms with Crippen LogP contribution < -0.4 is 10.0 Å². The Morgan fingerprint density at radius 3 is 2.60 bits per heavy atom. The predicted molar refractivity (Wildman–Crippen MR) is 122 cm³/mol. The van der Waals surface area contributed by atoms with E-state index in [-0.39, 0.29) is 21.2 Å². The molecule has 0 unspecified atom stereocenters. The van der Waals surface area contributed by atoms with E-state index in [0.717, 1.165) is 10.6 Å². The maximum atomic E-state index is 12.7. The first-order valence-electron chi connectivity index (χ1n) is 8.60. The summed E-state index contributed by atoms with van der Waals surface area (Å²) in [5.74, 6) is -0.447. The normalized spacial score (nSPS) is 11.2. The number of hydrogen-bond donors (Lipinski definition) is 2. The highest BCUT2D eigenvalue weighted by Gasteiger charge is 2.18. The lowest BCUT2D eigenvalue weighted by Gasteiger charge is -2.10. The van der Waals surface area contributed by atoms with E-state index < -0.39 is 15.9 Å². The molecule has 0 saturated carbocycles. The fourth-order valence-electron chi connectivity index (χ4n) is 2.59. The molecule has 152 valence electrons. The van der Waals surface area contributed by atoms with Crippen molar-refractivity contribution in [3.05, 3.63) is 82.0 Å². The zero-order valence-electron chi connectivity index (χ0n) is 15.2. The molecule has 4 rings (SSSR count). The van der Waals surface area contributed by atoms with Gasteiger partial charge in [0.05, 0.1) is 26.2 Å². The van der Waals surface area contributed by atoms with Crippen LogP contribution in [0, 0.1) is 0 Å². The van der Waals surface area contributed by atoms with E-state index in [1.165, 1.54) is 35.6 Å². The summed E-state index contributed by atoms with van der Waals surface area (Å²) in [4.78, 5) is 18.0. The average molecular weight is 476 g/mol. The van der Waals surface area contributed by atoms with Crippen molar-refractivity contribution in [2.75, 3.05) is 10.0 Å². The molecule has 0 bridgehead atoms. The second-order valence-electron chi connectivity index (χ2n) is 6.08. The number of rotatable bonds is 6. The Morgan fingerprint density at radius 1 is 1.00 bits per heavy atom. The second kappa shape index (κ2) is 8.57. The Kier molecular flexibility index (Phi) is 5.87. The first kappa shape index (κ1) is 20.5. The van der Waals surface area contributed by atoms with Gasteiger partial charge in [0.25, 0.3) is 15.9 Å². The third kappa shape index (κ3) is 4.54. The Bertz CT molecular complexity index is 1300. The monoisotopic (exact) mass is 475 g/mol. The fourth-order valence-corrected chi connectivity index (χ4v) is 5.42. The Labute approximate surface area is 186 Å². The quantitative estimate of drug-likeness (QED) is 0.381.